The minimum atomic E-state index is -0.144. The van der Waals surface area contributed by atoms with Gasteiger partial charge in [-0.3, -0.25) is 4.79 Å². The Morgan fingerprint density at radius 3 is 2.83 bits per heavy atom. The largest absolute Gasteiger partial charge is 0.494 e. The number of Topliss-reactive ketones (excluding diaryl/α,β-unsaturated/α-hetero) is 1. The van der Waals surface area contributed by atoms with Crippen LogP contribution in [0.2, 0.25) is 10.0 Å². The van der Waals surface area contributed by atoms with E-state index in [2.05, 4.69) is 4.98 Å². The highest BCUT2D eigenvalue weighted by Gasteiger charge is 2.16. The molecule has 0 saturated heterocycles. The minimum Gasteiger partial charge on any atom is -0.494 e. The molecule has 2 rings (SSSR count). The Balaban J connectivity index is 2.35. The van der Waals surface area contributed by atoms with Crippen LogP contribution < -0.4 is 4.74 Å². The smallest absolute Gasteiger partial charge is 0.186 e. The van der Waals surface area contributed by atoms with Crippen molar-refractivity contribution in [1.82, 2.24) is 9.55 Å². The van der Waals surface area contributed by atoms with E-state index < -0.39 is 0 Å². The van der Waals surface area contributed by atoms with Gasteiger partial charge in [-0.05, 0) is 12.1 Å². The zero-order valence-corrected chi connectivity index (χ0v) is 11.1. The van der Waals surface area contributed by atoms with Gasteiger partial charge in [-0.15, -0.1) is 0 Å². The number of hydrogen-bond donors (Lipinski definition) is 0. The highest BCUT2D eigenvalue weighted by molar-refractivity contribution is 6.36. The molecule has 1 aromatic heterocycles. The van der Waals surface area contributed by atoms with Gasteiger partial charge in [0.05, 0.1) is 30.6 Å². The van der Waals surface area contributed by atoms with Crippen LogP contribution in [-0.4, -0.2) is 22.4 Å². The number of carbonyl (C=O) groups is 1. The third-order valence-electron chi connectivity index (χ3n) is 2.40. The van der Waals surface area contributed by atoms with Gasteiger partial charge in [-0.25, -0.2) is 4.98 Å². The van der Waals surface area contributed by atoms with Crippen molar-refractivity contribution in [3.8, 4) is 5.75 Å². The first-order valence-corrected chi connectivity index (χ1v) is 5.89. The fourth-order valence-electron chi connectivity index (χ4n) is 1.61. The molecule has 18 heavy (non-hydrogen) atoms. The Morgan fingerprint density at radius 2 is 2.22 bits per heavy atom. The quantitative estimate of drug-likeness (QED) is 0.811. The molecule has 4 nitrogen and oxygen atoms in total. The molecule has 94 valence electrons. The van der Waals surface area contributed by atoms with Crippen molar-refractivity contribution >= 4 is 29.0 Å². The molecule has 0 unspecified atom stereocenters. The molecule has 1 aromatic carbocycles. The van der Waals surface area contributed by atoms with Crippen LogP contribution in [0.1, 0.15) is 10.4 Å². The van der Waals surface area contributed by atoms with Crippen LogP contribution in [-0.2, 0) is 6.54 Å². The van der Waals surface area contributed by atoms with E-state index in [0.29, 0.717) is 21.4 Å². The number of ketones is 1. The molecule has 0 radical (unpaired) electrons. The molecule has 0 aliphatic heterocycles. The highest BCUT2D eigenvalue weighted by Crippen LogP contribution is 2.32. The van der Waals surface area contributed by atoms with E-state index in [0.717, 1.165) is 0 Å². The summed E-state index contributed by atoms with van der Waals surface area (Å²) in [6, 6.07) is 3.08. The summed E-state index contributed by atoms with van der Waals surface area (Å²) in [6.07, 6.45) is 4.88. The van der Waals surface area contributed by atoms with Crippen molar-refractivity contribution in [2.24, 2.45) is 0 Å². The Labute approximate surface area is 114 Å². The van der Waals surface area contributed by atoms with E-state index in [-0.39, 0.29) is 12.3 Å². The molecule has 0 aliphatic rings. The lowest BCUT2D eigenvalue weighted by Gasteiger charge is -2.10. The van der Waals surface area contributed by atoms with Gasteiger partial charge in [-0.2, -0.15) is 0 Å². The molecular weight excluding hydrogens is 275 g/mol. The first-order valence-electron chi connectivity index (χ1n) is 5.14. The van der Waals surface area contributed by atoms with E-state index in [1.807, 2.05) is 0 Å². The molecule has 0 atom stereocenters. The summed E-state index contributed by atoms with van der Waals surface area (Å²) in [7, 11) is 1.46. The number of hydrogen-bond acceptors (Lipinski definition) is 3. The summed E-state index contributed by atoms with van der Waals surface area (Å²) >= 11 is 11.9. The fraction of sp³-hybridized carbons (Fsp3) is 0.167. The molecular formula is C12H10Cl2N2O2. The van der Waals surface area contributed by atoms with Crippen LogP contribution in [0.15, 0.2) is 30.9 Å². The Bertz CT molecular complexity index is 568. The standard InChI is InChI=1S/C12H10Cl2N2O2/c1-18-12-9(4-8(13)5-10(12)14)11(17)6-16-3-2-15-7-16/h2-5,7H,6H2,1H3. The molecule has 0 aliphatic carbocycles. The van der Waals surface area contributed by atoms with Crippen LogP contribution in [0, 0.1) is 0 Å². The van der Waals surface area contributed by atoms with Gasteiger partial charge in [0.1, 0.15) is 5.75 Å². The van der Waals surface area contributed by atoms with Crippen LogP contribution in [0.3, 0.4) is 0 Å². The lowest BCUT2D eigenvalue weighted by Crippen LogP contribution is -2.10. The predicted molar refractivity (Wildman–Crippen MR) is 69.6 cm³/mol. The van der Waals surface area contributed by atoms with E-state index in [1.54, 1.807) is 29.4 Å². The number of rotatable bonds is 4. The van der Waals surface area contributed by atoms with Gasteiger partial charge in [0.15, 0.2) is 5.78 Å². The van der Waals surface area contributed by atoms with Gasteiger partial charge >= 0.3 is 0 Å². The summed E-state index contributed by atoms with van der Waals surface area (Å²) in [5.41, 5.74) is 0.365. The molecule has 2 aromatic rings. The molecule has 0 bridgehead atoms. The van der Waals surface area contributed by atoms with Gasteiger partial charge in [0.2, 0.25) is 0 Å². The topological polar surface area (TPSA) is 44.1 Å². The molecule has 0 saturated carbocycles. The summed E-state index contributed by atoms with van der Waals surface area (Å²) in [5.74, 6) is 0.195. The third-order valence-corrected chi connectivity index (χ3v) is 2.90. The summed E-state index contributed by atoms with van der Waals surface area (Å²) < 4.78 is 6.80. The second kappa shape index (κ2) is 5.42. The number of imidazole rings is 1. The third kappa shape index (κ3) is 2.66. The summed E-state index contributed by atoms with van der Waals surface area (Å²) in [5, 5.41) is 0.716. The van der Waals surface area contributed by atoms with E-state index >= 15 is 0 Å². The highest BCUT2D eigenvalue weighted by atomic mass is 35.5. The zero-order chi connectivity index (χ0) is 13.1. The lowest BCUT2D eigenvalue weighted by molar-refractivity contribution is 0.0969. The van der Waals surface area contributed by atoms with E-state index in [4.69, 9.17) is 27.9 Å². The maximum Gasteiger partial charge on any atom is 0.186 e. The number of halogens is 2. The lowest BCUT2D eigenvalue weighted by atomic mass is 10.1. The number of ether oxygens (including phenoxy) is 1. The number of carbonyl (C=O) groups excluding carboxylic acids is 1. The summed E-state index contributed by atoms with van der Waals surface area (Å²) in [6.45, 7) is 0.160. The van der Waals surface area contributed by atoms with Crippen molar-refractivity contribution in [1.29, 1.82) is 0 Å². The average Bonchev–Trinajstić information content (AvgIpc) is 2.80. The number of benzene rings is 1. The van der Waals surface area contributed by atoms with Gasteiger partial charge in [0.25, 0.3) is 0 Å². The van der Waals surface area contributed by atoms with E-state index in [1.165, 1.54) is 13.2 Å². The summed E-state index contributed by atoms with van der Waals surface area (Å²) in [4.78, 5) is 16.0. The van der Waals surface area contributed by atoms with Gasteiger partial charge in [-0.1, -0.05) is 23.2 Å². The maximum atomic E-state index is 12.2. The van der Waals surface area contributed by atoms with Crippen LogP contribution in [0.5, 0.6) is 5.75 Å². The van der Waals surface area contributed by atoms with Crippen molar-refractivity contribution in [2.75, 3.05) is 7.11 Å². The average molecular weight is 285 g/mol. The van der Waals surface area contributed by atoms with Crippen LogP contribution >= 0.6 is 23.2 Å². The monoisotopic (exact) mass is 284 g/mol. The van der Waals surface area contributed by atoms with E-state index in [9.17, 15) is 4.79 Å². The van der Waals surface area contributed by atoms with Crippen molar-refractivity contribution in [2.45, 2.75) is 6.54 Å². The number of aromatic nitrogens is 2. The zero-order valence-electron chi connectivity index (χ0n) is 9.56. The second-order valence-electron chi connectivity index (χ2n) is 3.63. The number of methoxy groups -OCH3 is 1. The normalized spacial score (nSPS) is 10.4. The predicted octanol–water partition coefficient (Wildman–Crippen LogP) is 3.08. The molecule has 0 fully saturated rings. The van der Waals surface area contributed by atoms with Gasteiger partial charge < -0.3 is 9.30 Å². The van der Waals surface area contributed by atoms with Crippen molar-refractivity contribution in [3.63, 3.8) is 0 Å². The Morgan fingerprint density at radius 1 is 1.44 bits per heavy atom. The molecule has 0 amide bonds. The van der Waals surface area contributed by atoms with Crippen molar-refractivity contribution < 1.29 is 9.53 Å². The molecule has 6 heteroatoms. The first-order chi connectivity index (χ1) is 8.61. The first kappa shape index (κ1) is 12.9. The van der Waals surface area contributed by atoms with Crippen LogP contribution in [0.25, 0.3) is 0 Å². The SMILES string of the molecule is COc1c(Cl)cc(Cl)cc1C(=O)Cn1ccnc1. The fourth-order valence-corrected chi connectivity index (χ4v) is 2.18. The Hall–Kier alpha value is -1.52. The maximum absolute atomic E-state index is 12.2. The van der Waals surface area contributed by atoms with Crippen molar-refractivity contribution in [3.05, 3.63) is 46.5 Å². The van der Waals surface area contributed by atoms with Crippen LogP contribution in [0.4, 0.5) is 0 Å². The molecule has 0 spiro atoms. The number of nitrogens with zero attached hydrogens (tertiary/aromatic N) is 2. The van der Waals surface area contributed by atoms with Gasteiger partial charge in [0, 0.05) is 17.4 Å². The molecule has 1 heterocycles. The second-order valence-corrected chi connectivity index (χ2v) is 4.47. The molecule has 0 N–H and O–H groups in total. The minimum absolute atomic E-state index is 0.144. The Kier molecular flexibility index (Phi) is 3.89.